The molecule has 0 fully saturated rings. The normalized spacial score (nSPS) is 9.31. The fourth-order valence-corrected chi connectivity index (χ4v) is 1.29. The number of halogens is 1. The summed E-state index contributed by atoms with van der Waals surface area (Å²) in [7, 11) is 1.68. The number of hydrogen-bond acceptors (Lipinski definition) is 1. The number of ether oxygens (including phenoxy) is 1. The third-order valence-electron chi connectivity index (χ3n) is 1.96. The second-order valence-electron chi connectivity index (χ2n) is 2.71. The van der Waals surface area contributed by atoms with Crippen LogP contribution < -0.4 is 4.74 Å². The fourth-order valence-electron chi connectivity index (χ4n) is 1.29. The standard InChI is InChI=1S/C11H10O.ClH/c1-12-11-7-6-9-4-2-3-5-10(9)8-11;/h2-8H,1H3;1H. The van der Waals surface area contributed by atoms with Gasteiger partial charge in [0, 0.05) is 0 Å². The average Bonchev–Trinajstić information content (AvgIpc) is 2.17. The lowest BCUT2D eigenvalue weighted by molar-refractivity contribution is 0.415. The first-order chi connectivity index (χ1) is 5.90. The van der Waals surface area contributed by atoms with Gasteiger partial charge in [0.1, 0.15) is 5.75 Å². The minimum absolute atomic E-state index is 0. The van der Waals surface area contributed by atoms with E-state index >= 15 is 0 Å². The molecule has 2 heteroatoms. The third-order valence-corrected chi connectivity index (χ3v) is 1.96. The molecular formula is C11H11ClO. The molecule has 0 heterocycles. The van der Waals surface area contributed by atoms with E-state index in [1.807, 2.05) is 24.3 Å². The Hall–Kier alpha value is -1.21. The molecule has 0 amide bonds. The minimum Gasteiger partial charge on any atom is -0.497 e. The highest BCUT2D eigenvalue weighted by molar-refractivity contribution is 5.85. The highest BCUT2D eigenvalue weighted by atomic mass is 35.5. The molecule has 2 aromatic rings. The predicted molar refractivity (Wildman–Crippen MR) is 57.7 cm³/mol. The Kier molecular flexibility index (Phi) is 3.15. The molecule has 0 aliphatic carbocycles. The second-order valence-corrected chi connectivity index (χ2v) is 2.71. The molecule has 2 aromatic carbocycles. The lowest BCUT2D eigenvalue weighted by atomic mass is 10.1. The molecule has 0 spiro atoms. The molecule has 0 atom stereocenters. The monoisotopic (exact) mass is 194 g/mol. The van der Waals surface area contributed by atoms with Crippen LogP contribution in [0.25, 0.3) is 10.8 Å². The molecule has 0 saturated heterocycles. The highest BCUT2D eigenvalue weighted by Crippen LogP contribution is 2.19. The predicted octanol–water partition coefficient (Wildman–Crippen LogP) is 3.27. The summed E-state index contributed by atoms with van der Waals surface area (Å²) in [6.07, 6.45) is 0. The molecule has 2 rings (SSSR count). The van der Waals surface area contributed by atoms with Gasteiger partial charge >= 0.3 is 0 Å². The van der Waals surface area contributed by atoms with Gasteiger partial charge in [0.2, 0.25) is 0 Å². The van der Waals surface area contributed by atoms with Crippen LogP contribution in [0.4, 0.5) is 0 Å². The van der Waals surface area contributed by atoms with Crippen molar-refractivity contribution < 1.29 is 4.74 Å². The van der Waals surface area contributed by atoms with Crippen LogP contribution in [-0.2, 0) is 0 Å². The minimum atomic E-state index is 0. The topological polar surface area (TPSA) is 9.23 Å². The lowest BCUT2D eigenvalue weighted by Crippen LogP contribution is -1.81. The Morgan fingerprint density at radius 2 is 1.62 bits per heavy atom. The number of methoxy groups -OCH3 is 1. The Morgan fingerprint density at radius 3 is 2.31 bits per heavy atom. The van der Waals surface area contributed by atoms with Crippen LogP contribution in [0.1, 0.15) is 0 Å². The summed E-state index contributed by atoms with van der Waals surface area (Å²) in [5.41, 5.74) is 0. The summed E-state index contributed by atoms with van der Waals surface area (Å²) < 4.78 is 5.12. The smallest absolute Gasteiger partial charge is 0.119 e. The molecule has 0 unspecified atom stereocenters. The van der Waals surface area contributed by atoms with E-state index in [0.29, 0.717) is 0 Å². The van der Waals surface area contributed by atoms with Crippen LogP contribution in [0, 0.1) is 0 Å². The van der Waals surface area contributed by atoms with Crippen LogP contribution >= 0.6 is 12.4 Å². The first-order valence-electron chi connectivity index (χ1n) is 3.93. The van der Waals surface area contributed by atoms with Crippen LogP contribution in [0.5, 0.6) is 5.75 Å². The zero-order valence-corrected chi connectivity index (χ0v) is 8.17. The van der Waals surface area contributed by atoms with Crippen LogP contribution in [0.2, 0.25) is 0 Å². The fraction of sp³-hybridized carbons (Fsp3) is 0.0909. The Balaban J connectivity index is 0.000000845. The average molecular weight is 195 g/mol. The Bertz CT molecular complexity index is 398. The van der Waals surface area contributed by atoms with Crippen molar-refractivity contribution in [1.29, 1.82) is 0 Å². The van der Waals surface area contributed by atoms with E-state index in [9.17, 15) is 0 Å². The molecule has 0 N–H and O–H groups in total. The molecule has 1 nitrogen and oxygen atoms in total. The van der Waals surface area contributed by atoms with Gasteiger partial charge < -0.3 is 4.74 Å². The molecule has 0 aliphatic heterocycles. The second kappa shape index (κ2) is 4.15. The number of rotatable bonds is 1. The summed E-state index contributed by atoms with van der Waals surface area (Å²) in [5, 5.41) is 2.47. The van der Waals surface area contributed by atoms with E-state index in [1.165, 1.54) is 10.8 Å². The number of fused-ring (bicyclic) bond motifs is 1. The number of hydrogen-bond donors (Lipinski definition) is 0. The largest absolute Gasteiger partial charge is 0.497 e. The van der Waals surface area contributed by atoms with Crippen LogP contribution in [0.15, 0.2) is 42.5 Å². The Labute approximate surface area is 83.7 Å². The van der Waals surface area contributed by atoms with E-state index in [2.05, 4.69) is 18.2 Å². The van der Waals surface area contributed by atoms with Gasteiger partial charge in [0.25, 0.3) is 0 Å². The molecular weight excluding hydrogens is 184 g/mol. The van der Waals surface area contributed by atoms with Gasteiger partial charge in [-0.2, -0.15) is 0 Å². The van der Waals surface area contributed by atoms with Crippen molar-refractivity contribution in [3.05, 3.63) is 42.5 Å². The van der Waals surface area contributed by atoms with E-state index in [0.717, 1.165) is 5.75 Å². The SMILES string of the molecule is COc1ccc2ccccc2c1.Cl. The first-order valence-corrected chi connectivity index (χ1v) is 3.93. The molecule has 0 bridgehead atoms. The van der Waals surface area contributed by atoms with Crippen LogP contribution in [0.3, 0.4) is 0 Å². The molecule has 0 radical (unpaired) electrons. The molecule has 13 heavy (non-hydrogen) atoms. The quantitative estimate of drug-likeness (QED) is 0.677. The summed E-state index contributed by atoms with van der Waals surface area (Å²) in [4.78, 5) is 0. The maximum absolute atomic E-state index is 5.12. The summed E-state index contributed by atoms with van der Waals surface area (Å²) in [6.45, 7) is 0. The van der Waals surface area contributed by atoms with Gasteiger partial charge in [0.05, 0.1) is 7.11 Å². The van der Waals surface area contributed by atoms with Crippen molar-refractivity contribution in [2.75, 3.05) is 7.11 Å². The number of benzene rings is 2. The zero-order chi connectivity index (χ0) is 8.39. The van der Waals surface area contributed by atoms with Gasteiger partial charge in [-0.1, -0.05) is 30.3 Å². The van der Waals surface area contributed by atoms with Gasteiger partial charge in [0.15, 0.2) is 0 Å². The Morgan fingerprint density at radius 1 is 0.923 bits per heavy atom. The first kappa shape index (κ1) is 9.87. The van der Waals surface area contributed by atoms with Crippen molar-refractivity contribution >= 4 is 23.2 Å². The molecule has 68 valence electrons. The zero-order valence-electron chi connectivity index (χ0n) is 7.36. The van der Waals surface area contributed by atoms with E-state index < -0.39 is 0 Å². The van der Waals surface area contributed by atoms with E-state index in [4.69, 9.17) is 4.74 Å². The van der Waals surface area contributed by atoms with Crippen molar-refractivity contribution in [2.45, 2.75) is 0 Å². The third kappa shape index (κ3) is 1.93. The van der Waals surface area contributed by atoms with Crippen molar-refractivity contribution in [2.24, 2.45) is 0 Å². The summed E-state index contributed by atoms with van der Waals surface area (Å²) >= 11 is 0. The van der Waals surface area contributed by atoms with Crippen molar-refractivity contribution in [3.63, 3.8) is 0 Å². The molecule has 0 saturated carbocycles. The van der Waals surface area contributed by atoms with Crippen LogP contribution in [-0.4, -0.2) is 7.11 Å². The highest BCUT2D eigenvalue weighted by Gasteiger charge is 1.93. The van der Waals surface area contributed by atoms with Gasteiger partial charge in [-0.05, 0) is 22.9 Å². The van der Waals surface area contributed by atoms with Gasteiger partial charge in [-0.25, -0.2) is 0 Å². The molecule has 0 aromatic heterocycles. The van der Waals surface area contributed by atoms with Crippen molar-refractivity contribution in [3.8, 4) is 5.75 Å². The lowest BCUT2D eigenvalue weighted by Gasteiger charge is -2.00. The van der Waals surface area contributed by atoms with Gasteiger partial charge in [-0.15, -0.1) is 12.4 Å². The summed E-state index contributed by atoms with van der Waals surface area (Å²) in [6, 6.07) is 14.3. The molecule has 0 aliphatic rings. The maximum Gasteiger partial charge on any atom is 0.119 e. The van der Waals surface area contributed by atoms with E-state index in [-0.39, 0.29) is 12.4 Å². The van der Waals surface area contributed by atoms with E-state index in [1.54, 1.807) is 7.11 Å². The summed E-state index contributed by atoms with van der Waals surface area (Å²) in [5.74, 6) is 0.911. The maximum atomic E-state index is 5.12. The van der Waals surface area contributed by atoms with Crippen molar-refractivity contribution in [1.82, 2.24) is 0 Å². The van der Waals surface area contributed by atoms with Gasteiger partial charge in [-0.3, -0.25) is 0 Å².